The molecule has 0 spiro atoms. The van der Waals surface area contributed by atoms with Gasteiger partial charge in [-0.2, -0.15) is 74.6 Å². The van der Waals surface area contributed by atoms with Gasteiger partial charge in [-0.1, -0.05) is 11.6 Å². The maximum atomic E-state index is 13.9. The molecule has 1 aromatic carbocycles. The third-order valence-corrected chi connectivity index (χ3v) is 4.73. The van der Waals surface area contributed by atoms with Crippen LogP contribution in [-0.4, -0.2) is 58.5 Å². The molecule has 0 aliphatic carbocycles. The number of rotatable bonds is 9. The van der Waals surface area contributed by atoms with Crippen LogP contribution >= 0.6 is 11.6 Å². The maximum Gasteiger partial charge on any atom is 0.460 e. The molecule has 0 atom stereocenters. The lowest BCUT2D eigenvalue weighted by Crippen LogP contribution is -2.75. The van der Waals surface area contributed by atoms with Gasteiger partial charge in [-0.15, -0.1) is 0 Å². The number of benzene rings is 1. The average molecular weight is 619 g/mol. The highest BCUT2D eigenvalue weighted by molar-refractivity contribution is 6.32. The van der Waals surface area contributed by atoms with Crippen LogP contribution in [0, 0.1) is 10.1 Å². The predicted molar refractivity (Wildman–Crippen MR) is 87.4 cm³/mol. The third kappa shape index (κ3) is 4.52. The smallest absolute Gasteiger partial charge is 0.320 e. The number of hydrogen-bond acceptors (Lipinski definition) is 3. The fourth-order valence-electron chi connectivity index (χ4n) is 2.25. The van der Waals surface area contributed by atoms with Crippen molar-refractivity contribution in [3.05, 3.63) is 33.3 Å². The Kier molecular flexibility index (Phi) is 7.99. The first-order valence-corrected chi connectivity index (χ1v) is 8.81. The summed E-state index contributed by atoms with van der Waals surface area (Å²) in [5, 5.41) is 10.4. The molecule has 1 amide bonds. The van der Waals surface area contributed by atoms with Crippen molar-refractivity contribution in [1.82, 2.24) is 0 Å². The summed E-state index contributed by atoms with van der Waals surface area (Å²) in [4.78, 5) is 20.7. The second-order valence-corrected chi connectivity index (χ2v) is 7.30. The zero-order chi connectivity index (χ0) is 30.7. The zero-order valence-electron chi connectivity index (χ0n) is 16.7. The summed E-state index contributed by atoms with van der Waals surface area (Å²) in [7, 11) is 0. The number of alkyl halides is 17. The Hall–Kier alpha value is -2.81. The first-order valence-electron chi connectivity index (χ1n) is 8.43. The highest BCUT2D eigenvalue weighted by Gasteiger charge is 2.95. The Bertz CT molecular complexity index is 1100. The second kappa shape index (κ2) is 9.14. The highest BCUT2D eigenvalue weighted by Crippen LogP contribution is 2.64. The van der Waals surface area contributed by atoms with Crippen molar-refractivity contribution in [2.24, 2.45) is 0 Å². The molecule has 1 N–H and O–H groups in total. The number of amides is 1. The van der Waals surface area contributed by atoms with Crippen LogP contribution in [0.2, 0.25) is 5.02 Å². The molecule has 0 unspecified atom stereocenters. The van der Waals surface area contributed by atoms with E-state index in [9.17, 15) is 89.5 Å². The van der Waals surface area contributed by atoms with E-state index in [1.165, 1.54) is 0 Å². The lowest BCUT2D eigenvalue weighted by Gasteiger charge is -2.42. The van der Waals surface area contributed by atoms with Crippen LogP contribution in [-0.2, 0) is 4.79 Å². The van der Waals surface area contributed by atoms with Gasteiger partial charge in [0.2, 0.25) is 0 Å². The number of carbonyl (C=O) groups is 1. The Balaban J connectivity index is 3.60. The molecule has 0 saturated heterocycles. The molecule has 1 rings (SSSR count). The normalized spacial score (nSPS) is 14.9. The van der Waals surface area contributed by atoms with Crippen molar-refractivity contribution < 1.29 is 84.4 Å². The summed E-state index contributed by atoms with van der Waals surface area (Å²) in [6.45, 7) is 0. The average Bonchev–Trinajstić information content (AvgIpc) is 2.72. The zero-order valence-corrected chi connectivity index (χ0v) is 17.5. The largest absolute Gasteiger partial charge is 0.460 e. The Morgan fingerprint density at radius 1 is 0.684 bits per heavy atom. The molecule has 0 bridgehead atoms. The van der Waals surface area contributed by atoms with Gasteiger partial charge in [0.05, 0.1) is 4.92 Å². The van der Waals surface area contributed by atoms with E-state index in [1.54, 1.807) is 0 Å². The first-order chi connectivity index (χ1) is 16.5. The number of nitro benzene ring substituents is 1. The van der Waals surface area contributed by atoms with E-state index in [-0.39, 0.29) is 12.1 Å². The molecule has 0 aliphatic heterocycles. The molecule has 1 aromatic rings. The van der Waals surface area contributed by atoms with Gasteiger partial charge in [0, 0.05) is 11.8 Å². The van der Waals surface area contributed by atoms with Crippen molar-refractivity contribution in [3.63, 3.8) is 0 Å². The maximum absolute atomic E-state index is 13.9. The number of carbonyl (C=O) groups excluding carboxylic acids is 1. The van der Waals surface area contributed by atoms with E-state index in [1.807, 2.05) is 0 Å². The highest BCUT2D eigenvalue weighted by atomic mass is 35.5. The van der Waals surface area contributed by atoms with Crippen LogP contribution in [0.25, 0.3) is 0 Å². The van der Waals surface area contributed by atoms with Crippen molar-refractivity contribution in [2.45, 2.75) is 47.6 Å². The molecule has 38 heavy (non-hydrogen) atoms. The van der Waals surface area contributed by atoms with Crippen LogP contribution in [0.15, 0.2) is 18.2 Å². The number of halogens is 18. The van der Waals surface area contributed by atoms with Crippen LogP contribution in [0.4, 0.5) is 86.0 Å². The SMILES string of the molecule is O=C(Nc1ccc(Cl)c([N+](=O)[O-])c1)C(F)(F)C(F)(F)C(F)(F)C(F)(F)C(F)(F)C(F)(F)C(F)(F)C(F)(F)F. The molecule has 0 fully saturated rings. The monoisotopic (exact) mass is 618 g/mol. The van der Waals surface area contributed by atoms with Crippen molar-refractivity contribution in [3.8, 4) is 0 Å². The topological polar surface area (TPSA) is 72.2 Å². The Labute approximate surface area is 200 Å². The van der Waals surface area contributed by atoms with Crippen molar-refractivity contribution in [1.29, 1.82) is 0 Å². The van der Waals surface area contributed by atoms with Gasteiger partial charge in [0.25, 0.3) is 5.69 Å². The molecular weight excluding hydrogens is 615 g/mol. The van der Waals surface area contributed by atoms with Gasteiger partial charge in [0.1, 0.15) is 5.02 Å². The van der Waals surface area contributed by atoms with Crippen LogP contribution < -0.4 is 5.32 Å². The summed E-state index contributed by atoms with van der Waals surface area (Å²) in [6, 6.07) is 0.676. The van der Waals surface area contributed by atoms with Gasteiger partial charge in [-0.05, 0) is 12.1 Å². The van der Waals surface area contributed by atoms with E-state index >= 15 is 0 Å². The minimum absolute atomic E-state index is 0.00483. The second-order valence-electron chi connectivity index (χ2n) is 6.90. The van der Waals surface area contributed by atoms with Gasteiger partial charge in [-0.25, -0.2) is 0 Å². The summed E-state index contributed by atoms with van der Waals surface area (Å²) in [5.74, 6) is -62.8. The molecule has 0 radical (unpaired) electrons. The molecule has 0 heterocycles. The predicted octanol–water partition coefficient (Wildman–Crippen LogP) is 7.20. The molecule has 5 nitrogen and oxygen atoms in total. The lowest BCUT2D eigenvalue weighted by atomic mass is 9.89. The number of nitrogens with zero attached hydrogens (tertiary/aromatic N) is 1. The minimum Gasteiger partial charge on any atom is -0.320 e. The molecule has 0 saturated carbocycles. The van der Waals surface area contributed by atoms with Gasteiger partial charge < -0.3 is 5.32 Å². The fourth-order valence-corrected chi connectivity index (χ4v) is 2.43. The lowest BCUT2D eigenvalue weighted by molar-refractivity contribution is -0.459. The first kappa shape index (κ1) is 33.2. The number of anilines is 1. The van der Waals surface area contributed by atoms with E-state index in [2.05, 4.69) is 0 Å². The van der Waals surface area contributed by atoms with Crippen LogP contribution in [0.3, 0.4) is 0 Å². The number of hydrogen-bond donors (Lipinski definition) is 1. The molecule has 0 aliphatic rings. The van der Waals surface area contributed by atoms with Gasteiger partial charge in [-0.3, -0.25) is 14.9 Å². The van der Waals surface area contributed by atoms with Gasteiger partial charge in [0.15, 0.2) is 0 Å². The minimum atomic E-state index is -8.84. The van der Waals surface area contributed by atoms with E-state index in [0.717, 1.165) is 0 Å². The summed E-state index contributed by atoms with van der Waals surface area (Å²) in [6.07, 6.45) is -7.89. The number of nitro groups is 1. The molecule has 218 valence electrons. The summed E-state index contributed by atoms with van der Waals surface area (Å²) >= 11 is 5.28. The Morgan fingerprint density at radius 2 is 1.05 bits per heavy atom. The third-order valence-electron chi connectivity index (χ3n) is 4.41. The molecular formula is C15H4ClF17N2O3. The standard InChI is InChI=1S/C15H4ClF17N2O3/c16-5-2-1-4(3-6(5)35(37)38)34-7(36)8(17,18)9(19,20)10(21,22)11(23,24)12(25,26)13(27,28)14(29,30)15(31,32)33/h1-3H,(H,34,36). The van der Waals surface area contributed by atoms with E-state index < -0.39 is 74.9 Å². The quantitative estimate of drug-likeness (QED) is 0.181. The Morgan fingerprint density at radius 3 is 1.42 bits per heavy atom. The van der Waals surface area contributed by atoms with Gasteiger partial charge >= 0.3 is 53.5 Å². The van der Waals surface area contributed by atoms with E-state index in [4.69, 9.17) is 11.6 Å². The molecule has 0 aromatic heterocycles. The van der Waals surface area contributed by atoms with Crippen LogP contribution in [0.1, 0.15) is 0 Å². The van der Waals surface area contributed by atoms with Crippen LogP contribution in [0.5, 0.6) is 0 Å². The molecule has 23 heteroatoms. The fraction of sp³-hybridized carbons (Fsp3) is 0.533. The van der Waals surface area contributed by atoms with E-state index in [0.29, 0.717) is 11.4 Å². The van der Waals surface area contributed by atoms with Crippen molar-refractivity contribution >= 4 is 28.9 Å². The van der Waals surface area contributed by atoms with Crippen molar-refractivity contribution in [2.75, 3.05) is 5.32 Å². The number of nitrogens with one attached hydrogen (secondary N) is 1. The summed E-state index contributed by atoms with van der Waals surface area (Å²) < 4.78 is 225. The summed E-state index contributed by atoms with van der Waals surface area (Å²) in [5.41, 5.74) is -2.65.